The summed E-state index contributed by atoms with van der Waals surface area (Å²) in [6.07, 6.45) is -0.0945. The third-order valence-corrected chi connectivity index (χ3v) is 3.55. The summed E-state index contributed by atoms with van der Waals surface area (Å²) in [5.41, 5.74) is 1.71. The van der Waals surface area contributed by atoms with Crippen molar-refractivity contribution in [2.24, 2.45) is 0 Å². The van der Waals surface area contributed by atoms with Crippen LogP contribution in [0.1, 0.15) is 11.7 Å². The average Bonchev–Trinajstić information content (AvgIpc) is 2.45. The lowest BCUT2D eigenvalue weighted by atomic mass is 9.97. The Morgan fingerprint density at radius 1 is 1.11 bits per heavy atom. The Labute approximate surface area is 110 Å². The molecule has 2 aromatic carbocycles. The molecular weight excluding hydrogens is 245 g/mol. The van der Waals surface area contributed by atoms with E-state index in [4.69, 9.17) is 9.47 Å². The molecule has 2 atom stereocenters. The summed E-state index contributed by atoms with van der Waals surface area (Å²) in [6, 6.07) is 12.4. The van der Waals surface area contributed by atoms with Gasteiger partial charge in [-0.25, -0.2) is 4.39 Å². The van der Waals surface area contributed by atoms with Crippen molar-refractivity contribution in [2.45, 2.75) is 12.1 Å². The molecule has 2 aromatic rings. The van der Waals surface area contributed by atoms with Crippen LogP contribution in [-0.2, 0) is 0 Å². The van der Waals surface area contributed by atoms with Gasteiger partial charge in [0.2, 0.25) is 0 Å². The quantitative estimate of drug-likeness (QED) is 0.786. The van der Waals surface area contributed by atoms with Crippen molar-refractivity contribution in [3.8, 4) is 11.5 Å². The minimum atomic E-state index is -0.273. The van der Waals surface area contributed by atoms with E-state index in [1.807, 2.05) is 24.3 Å². The van der Waals surface area contributed by atoms with Crippen LogP contribution in [0.3, 0.4) is 0 Å². The molecule has 2 heterocycles. The van der Waals surface area contributed by atoms with Gasteiger partial charge in [-0.05, 0) is 18.2 Å². The Kier molecular flexibility index (Phi) is 2.18. The minimum Gasteiger partial charge on any atom is -0.491 e. The molecule has 1 N–H and O–H groups in total. The molecule has 0 amide bonds. The number of hydrogen-bond acceptors (Lipinski definition) is 3. The first-order chi connectivity index (χ1) is 9.31. The Hall–Kier alpha value is -2.23. The molecule has 0 spiro atoms. The summed E-state index contributed by atoms with van der Waals surface area (Å²) in [7, 11) is 0. The zero-order chi connectivity index (χ0) is 12.8. The van der Waals surface area contributed by atoms with Gasteiger partial charge < -0.3 is 14.8 Å². The highest BCUT2D eigenvalue weighted by Crippen LogP contribution is 2.42. The maximum Gasteiger partial charge on any atom is 0.151 e. The summed E-state index contributed by atoms with van der Waals surface area (Å²) in [5, 5.41) is 3.29. The van der Waals surface area contributed by atoms with Crippen LogP contribution in [0.25, 0.3) is 0 Å². The van der Waals surface area contributed by atoms with Gasteiger partial charge in [0.15, 0.2) is 6.10 Å². The zero-order valence-electron chi connectivity index (χ0n) is 10.1. The van der Waals surface area contributed by atoms with Gasteiger partial charge in [-0.3, -0.25) is 0 Å². The van der Waals surface area contributed by atoms with Gasteiger partial charge in [0, 0.05) is 11.6 Å². The molecule has 2 aliphatic heterocycles. The van der Waals surface area contributed by atoms with Crippen LogP contribution in [0.5, 0.6) is 11.5 Å². The van der Waals surface area contributed by atoms with E-state index in [1.54, 1.807) is 6.07 Å². The Bertz CT molecular complexity index is 644. The second-order valence-corrected chi connectivity index (χ2v) is 4.78. The minimum absolute atomic E-state index is 0.00389. The van der Waals surface area contributed by atoms with Crippen LogP contribution in [-0.4, -0.2) is 12.6 Å². The molecule has 0 saturated heterocycles. The van der Waals surface area contributed by atoms with Crippen LogP contribution < -0.4 is 14.8 Å². The molecule has 0 bridgehead atoms. The van der Waals surface area contributed by atoms with Gasteiger partial charge >= 0.3 is 0 Å². The fraction of sp³-hybridized carbons (Fsp3) is 0.200. The summed E-state index contributed by atoms with van der Waals surface area (Å²) in [4.78, 5) is 0. The van der Waals surface area contributed by atoms with Crippen LogP contribution in [0.15, 0.2) is 42.5 Å². The van der Waals surface area contributed by atoms with E-state index in [0.29, 0.717) is 18.0 Å². The number of fused-ring (bicyclic) bond motifs is 4. The van der Waals surface area contributed by atoms with Gasteiger partial charge in [-0.2, -0.15) is 0 Å². The topological polar surface area (TPSA) is 30.5 Å². The average molecular weight is 257 g/mol. The maximum atomic E-state index is 13.2. The van der Waals surface area contributed by atoms with Gasteiger partial charge in [-0.15, -0.1) is 0 Å². The summed E-state index contributed by atoms with van der Waals surface area (Å²) < 4.78 is 24.9. The molecule has 2 aliphatic rings. The van der Waals surface area contributed by atoms with Crippen molar-refractivity contribution in [1.29, 1.82) is 0 Å². The lowest BCUT2D eigenvalue weighted by molar-refractivity contribution is 0.111. The van der Waals surface area contributed by atoms with Crippen molar-refractivity contribution in [3.63, 3.8) is 0 Å². The SMILES string of the molecule is Fc1ccc2c(c1)NC1COc3ccccc3C1O2. The monoisotopic (exact) mass is 257 g/mol. The van der Waals surface area contributed by atoms with Crippen molar-refractivity contribution < 1.29 is 13.9 Å². The smallest absolute Gasteiger partial charge is 0.151 e. The van der Waals surface area contributed by atoms with Gasteiger partial charge in [-0.1, -0.05) is 18.2 Å². The third-order valence-electron chi connectivity index (χ3n) is 3.55. The van der Waals surface area contributed by atoms with Crippen LogP contribution >= 0.6 is 0 Å². The summed E-state index contributed by atoms with van der Waals surface area (Å²) in [5.74, 6) is 1.26. The van der Waals surface area contributed by atoms with E-state index in [2.05, 4.69) is 5.32 Å². The Balaban J connectivity index is 1.77. The number of ether oxygens (including phenoxy) is 2. The number of nitrogens with one attached hydrogen (secondary N) is 1. The number of anilines is 1. The second kappa shape index (κ2) is 3.88. The first-order valence-electron chi connectivity index (χ1n) is 6.26. The Morgan fingerprint density at radius 2 is 2.00 bits per heavy atom. The van der Waals surface area contributed by atoms with E-state index in [-0.39, 0.29) is 18.0 Å². The fourth-order valence-corrected chi connectivity index (χ4v) is 2.65. The van der Waals surface area contributed by atoms with Gasteiger partial charge in [0.25, 0.3) is 0 Å². The predicted molar refractivity (Wildman–Crippen MR) is 69.1 cm³/mol. The molecule has 0 fully saturated rings. The molecule has 3 nitrogen and oxygen atoms in total. The van der Waals surface area contributed by atoms with Crippen molar-refractivity contribution in [3.05, 3.63) is 53.8 Å². The van der Waals surface area contributed by atoms with Crippen LogP contribution in [0.2, 0.25) is 0 Å². The number of halogens is 1. The fourth-order valence-electron chi connectivity index (χ4n) is 2.65. The number of benzene rings is 2. The number of para-hydroxylation sites is 1. The van der Waals surface area contributed by atoms with Crippen molar-refractivity contribution in [2.75, 3.05) is 11.9 Å². The molecule has 0 saturated carbocycles. The van der Waals surface area contributed by atoms with E-state index >= 15 is 0 Å². The van der Waals surface area contributed by atoms with E-state index in [1.165, 1.54) is 12.1 Å². The molecular formula is C15H12FNO2. The molecule has 0 aliphatic carbocycles. The molecule has 19 heavy (non-hydrogen) atoms. The predicted octanol–water partition coefficient (Wildman–Crippen LogP) is 3.13. The molecule has 0 aromatic heterocycles. The molecule has 0 radical (unpaired) electrons. The lowest BCUT2D eigenvalue weighted by Gasteiger charge is -2.38. The molecule has 2 unspecified atom stereocenters. The van der Waals surface area contributed by atoms with E-state index in [9.17, 15) is 4.39 Å². The first-order valence-corrected chi connectivity index (χ1v) is 6.26. The highest BCUT2D eigenvalue weighted by molar-refractivity contribution is 5.60. The second-order valence-electron chi connectivity index (χ2n) is 4.78. The van der Waals surface area contributed by atoms with Crippen LogP contribution in [0.4, 0.5) is 10.1 Å². The summed E-state index contributed by atoms with van der Waals surface area (Å²) in [6.45, 7) is 0.512. The number of rotatable bonds is 0. The molecule has 4 heteroatoms. The summed E-state index contributed by atoms with van der Waals surface area (Å²) >= 11 is 0. The first kappa shape index (κ1) is 10.7. The van der Waals surface area contributed by atoms with E-state index < -0.39 is 0 Å². The number of hydrogen-bond donors (Lipinski definition) is 1. The maximum absolute atomic E-state index is 13.2. The van der Waals surface area contributed by atoms with Gasteiger partial charge in [0.1, 0.15) is 30.0 Å². The Morgan fingerprint density at radius 3 is 2.95 bits per heavy atom. The van der Waals surface area contributed by atoms with E-state index in [0.717, 1.165) is 11.3 Å². The third kappa shape index (κ3) is 1.63. The normalized spacial score (nSPS) is 23.0. The molecule has 96 valence electrons. The lowest BCUT2D eigenvalue weighted by Crippen LogP contribution is -2.42. The van der Waals surface area contributed by atoms with Crippen molar-refractivity contribution >= 4 is 5.69 Å². The zero-order valence-corrected chi connectivity index (χ0v) is 10.1. The van der Waals surface area contributed by atoms with Gasteiger partial charge in [0.05, 0.1) is 5.69 Å². The largest absolute Gasteiger partial charge is 0.491 e. The standard InChI is InChI=1S/C15H12FNO2/c16-9-5-6-14-11(7-9)17-12-8-18-13-4-2-1-3-10(13)15(12)19-14/h1-7,12,15,17H,8H2. The highest BCUT2D eigenvalue weighted by atomic mass is 19.1. The molecule has 4 rings (SSSR count). The van der Waals surface area contributed by atoms with Crippen LogP contribution in [0, 0.1) is 5.82 Å². The highest BCUT2D eigenvalue weighted by Gasteiger charge is 2.36. The van der Waals surface area contributed by atoms with Crippen molar-refractivity contribution in [1.82, 2.24) is 0 Å².